The largest absolute Gasteiger partial charge is 0.405 e. The summed E-state index contributed by atoms with van der Waals surface area (Å²) in [6, 6.07) is 3.93. The van der Waals surface area contributed by atoms with Gasteiger partial charge in [-0.15, -0.1) is 0 Å². The number of benzene rings is 1. The molecule has 29 heavy (non-hydrogen) atoms. The molecule has 0 heterocycles. The Balaban J connectivity index is 1.81. The van der Waals surface area contributed by atoms with E-state index in [4.69, 9.17) is 0 Å². The summed E-state index contributed by atoms with van der Waals surface area (Å²) >= 11 is 0. The fourth-order valence-electron chi connectivity index (χ4n) is 3.09. The van der Waals surface area contributed by atoms with E-state index in [9.17, 15) is 27.6 Å². The molecular formula is C19H25F3N4O3. The Kier molecular flexibility index (Phi) is 7.86. The maximum atomic E-state index is 12.4. The predicted octanol–water partition coefficient (Wildman–Crippen LogP) is 2.86. The minimum absolute atomic E-state index is 0.148. The van der Waals surface area contributed by atoms with Crippen LogP contribution in [0.2, 0.25) is 0 Å². The van der Waals surface area contributed by atoms with Crippen molar-refractivity contribution in [1.29, 1.82) is 0 Å². The first-order chi connectivity index (χ1) is 13.6. The number of alkyl halides is 3. The van der Waals surface area contributed by atoms with Gasteiger partial charge in [0.05, 0.1) is 6.54 Å². The molecule has 1 aliphatic rings. The molecule has 1 aromatic carbocycles. The Morgan fingerprint density at radius 2 is 1.79 bits per heavy atom. The Hall–Kier alpha value is -2.78. The summed E-state index contributed by atoms with van der Waals surface area (Å²) in [5, 5.41) is 9.17. The lowest BCUT2D eigenvalue weighted by molar-refractivity contribution is -0.124. The van der Waals surface area contributed by atoms with E-state index in [1.54, 1.807) is 35.8 Å². The van der Waals surface area contributed by atoms with Crippen LogP contribution in [0.25, 0.3) is 0 Å². The topological polar surface area (TPSA) is 99.3 Å². The van der Waals surface area contributed by atoms with Crippen molar-refractivity contribution in [2.75, 3.05) is 18.4 Å². The third-order valence-corrected chi connectivity index (χ3v) is 4.57. The molecule has 0 aliphatic heterocycles. The van der Waals surface area contributed by atoms with Gasteiger partial charge in [0.15, 0.2) is 0 Å². The fraction of sp³-hybridized carbons (Fsp3) is 0.526. The van der Waals surface area contributed by atoms with Gasteiger partial charge in [-0.25, -0.2) is 4.79 Å². The molecule has 10 heteroatoms. The second-order valence-corrected chi connectivity index (χ2v) is 7.04. The normalized spacial score (nSPS) is 14.8. The molecule has 0 radical (unpaired) electrons. The van der Waals surface area contributed by atoms with Crippen molar-refractivity contribution < 1.29 is 27.6 Å². The highest BCUT2D eigenvalue weighted by Crippen LogP contribution is 2.20. The van der Waals surface area contributed by atoms with Gasteiger partial charge in [-0.1, -0.05) is 19.3 Å². The zero-order valence-corrected chi connectivity index (χ0v) is 16.1. The Morgan fingerprint density at radius 3 is 2.41 bits per heavy atom. The lowest BCUT2D eigenvalue weighted by Crippen LogP contribution is -2.45. The molecule has 2 rings (SSSR count). The summed E-state index contributed by atoms with van der Waals surface area (Å²) in [5.41, 5.74) is 1.80. The number of nitrogens with one attached hydrogen (secondary N) is 4. The van der Waals surface area contributed by atoms with Crippen LogP contribution in [-0.2, 0) is 4.79 Å². The first kappa shape index (κ1) is 22.5. The van der Waals surface area contributed by atoms with E-state index in [-0.39, 0.29) is 18.5 Å². The van der Waals surface area contributed by atoms with Crippen LogP contribution in [0.3, 0.4) is 0 Å². The molecule has 0 saturated heterocycles. The maximum Gasteiger partial charge on any atom is 0.405 e. The monoisotopic (exact) mass is 414 g/mol. The molecule has 7 nitrogen and oxygen atoms in total. The number of imide groups is 1. The van der Waals surface area contributed by atoms with Gasteiger partial charge in [-0.2, -0.15) is 13.2 Å². The lowest BCUT2D eigenvalue weighted by atomic mass is 9.95. The quantitative estimate of drug-likeness (QED) is 0.575. The van der Waals surface area contributed by atoms with Gasteiger partial charge in [-0.05, 0) is 43.5 Å². The Morgan fingerprint density at radius 1 is 1.10 bits per heavy atom. The summed E-state index contributed by atoms with van der Waals surface area (Å²) in [6.45, 7) is -0.0788. The van der Waals surface area contributed by atoms with Crippen LogP contribution in [0, 0.1) is 6.92 Å². The van der Waals surface area contributed by atoms with Gasteiger partial charge < -0.3 is 16.0 Å². The lowest BCUT2D eigenvalue weighted by Gasteiger charge is -2.23. The van der Waals surface area contributed by atoms with E-state index in [1.807, 2.05) is 0 Å². The minimum atomic E-state index is -4.55. The molecule has 0 bridgehead atoms. The molecule has 0 aromatic heterocycles. The number of hydrogen-bond acceptors (Lipinski definition) is 4. The number of hydrogen-bond donors (Lipinski definition) is 4. The highest BCUT2D eigenvalue weighted by molar-refractivity contribution is 5.97. The van der Waals surface area contributed by atoms with Gasteiger partial charge in [0, 0.05) is 17.3 Å². The van der Waals surface area contributed by atoms with Gasteiger partial charge in [0.1, 0.15) is 6.54 Å². The van der Waals surface area contributed by atoms with Crippen molar-refractivity contribution >= 4 is 23.5 Å². The van der Waals surface area contributed by atoms with E-state index >= 15 is 0 Å². The smallest absolute Gasteiger partial charge is 0.376 e. The van der Waals surface area contributed by atoms with Crippen molar-refractivity contribution in [2.45, 2.75) is 51.2 Å². The summed E-state index contributed by atoms with van der Waals surface area (Å²) in [4.78, 5) is 35.3. The zero-order chi connectivity index (χ0) is 21.4. The second kappa shape index (κ2) is 10.1. The van der Waals surface area contributed by atoms with E-state index in [2.05, 4.69) is 10.6 Å². The molecule has 4 amide bonds. The highest BCUT2D eigenvalue weighted by Gasteiger charge is 2.28. The van der Waals surface area contributed by atoms with E-state index in [1.165, 1.54) is 6.42 Å². The molecule has 160 valence electrons. The summed E-state index contributed by atoms with van der Waals surface area (Å²) < 4.78 is 36.1. The summed E-state index contributed by atoms with van der Waals surface area (Å²) in [6.07, 6.45) is 0.836. The van der Waals surface area contributed by atoms with Gasteiger partial charge in [0.25, 0.3) is 5.91 Å². The fourth-order valence-corrected chi connectivity index (χ4v) is 3.09. The molecule has 0 spiro atoms. The Labute approximate surface area is 166 Å². The second-order valence-electron chi connectivity index (χ2n) is 7.04. The number of halogens is 3. The van der Waals surface area contributed by atoms with Gasteiger partial charge in [0.2, 0.25) is 5.91 Å². The first-order valence-corrected chi connectivity index (χ1v) is 9.44. The zero-order valence-electron chi connectivity index (χ0n) is 16.1. The van der Waals surface area contributed by atoms with Crippen molar-refractivity contribution in [3.8, 4) is 0 Å². The number of rotatable bonds is 6. The van der Waals surface area contributed by atoms with Gasteiger partial charge >= 0.3 is 12.2 Å². The first-order valence-electron chi connectivity index (χ1n) is 9.44. The molecule has 1 aliphatic carbocycles. The van der Waals surface area contributed by atoms with E-state index < -0.39 is 24.7 Å². The minimum Gasteiger partial charge on any atom is -0.376 e. The van der Waals surface area contributed by atoms with Crippen LogP contribution in [0.15, 0.2) is 18.2 Å². The summed E-state index contributed by atoms with van der Waals surface area (Å²) in [7, 11) is 0. The number of carbonyl (C=O) groups is 3. The number of aryl methyl sites for hydroxylation is 1. The molecule has 1 saturated carbocycles. The SMILES string of the molecule is Cc1cc(C(=O)NC2CCCCC2)ccc1NCC(=O)NC(=O)NCC(F)(F)F. The van der Waals surface area contributed by atoms with Gasteiger partial charge in [-0.3, -0.25) is 14.9 Å². The predicted molar refractivity (Wildman–Crippen MR) is 102 cm³/mol. The third-order valence-electron chi connectivity index (χ3n) is 4.57. The van der Waals surface area contributed by atoms with Crippen LogP contribution in [-0.4, -0.2) is 43.2 Å². The molecular weight excluding hydrogens is 389 g/mol. The van der Waals surface area contributed by atoms with Crippen LogP contribution < -0.4 is 21.3 Å². The standard InChI is InChI=1S/C19H25F3N4O3/c1-12-9-13(17(28)25-14-5-3-2-4-6-14)7-8-15(12)23-10-16(27)26-18(29)24-11-19(20,21)22/h7-9,14,23H,2-6,10-11H2,1H3,(H,25,28)(H2,24,26,27,29). The third kappa shape index (κ3) is 8.00. The Bertz CT molecular complexity index is 747. The highest BCUT2D eigenvalue weighted by atomic mass is 19.4. The van der Waals surface area contributed by atoms with Crippen LogP contribution >= 0.6 is 0 Å². The van der Waals surface area contributed by atoms with E-state index in [0.29, 0.717) is 11.3 Å². The van der Waals surface area contributed by atoms with E-state index in [0.717, 1.165) is 31.2 Å². The van der Waals surface area contributed by atoms with Crippen LogP contribution in [0.4, 0.5) is 23.7 Å². The average molecular weight is 414 g/mol. The number of urea groups is 1. The van der Waals surface area contributed by atoms with Crippen LogP contribution in [0.1, 0.15) is 48.0 Å². The van der Waals surface area contributed by atoms with Crippen molar-refractivity contribution in [1.82, 2.24) is 16.0 Å². The number of anilines is 1. The summed E-state index contributed by atoms with van der Waals surface area (Å²) in [5.74, 6) is -0.936. The molecule has 0 atom stereocenters. The maximum absolute atomic E-state index is 12.4. The van der Waals surface area contributed by atoms with Crippen LogP contribution in [0.5, 0.6) is 0 Å². The number of carbonyl (C=O) groups excluding carboxylic acids is 3. The molecule has 0 unspecified atom stereocenters. The van der Waals surface area contributed by atoms with Crippen molar-refractivity contribution in [2.24, 2.45) is 0 Å². The van der Waals surface area contributed by atoms with Crippen molar-refractivity contribution in [3.05, 3.63) is 29.3 Å². The molecule has 1 aromatic rings. The molecule has 1 fully saturated rings. The number of amides is 4. The van der Waals surface area contributed by atoms with Crippen molar-refractivity contribution in [3.63, 3.8) is 0 Å². The average Bonchev–Trinajstić information content (AvgIpc) is 2.65. The molecule has 4 N–H and O–H groups in total.